The fourth-order valence-corrected chi connectivity index (χ4v) is 3.21. The Morgan fingerprint density at radius 1 is 1.45 bits per heavy atom. The van der Waals surface area contributed by atoms with Gasteiger partial charge >= 0.3 is 0 Å². The van der Waals surface area contributed by atoms with Crippen LogP contribution >= 0.6 is 15.9 Å². The van der Waals surface area contributed by atoms with Gasteiger partial charge in [-0.3, -0.25) is 0 Å². The first-order valence-corrected chi connectivity index (χ1v) is 8.10. The fourth-order valence-electron chi connectivity index (χ4n) is 2.62. The van der Waals surface area contributed by atoms with Crippen LogP contribution in [-0.4, -0.2) is 31.0 Å². The van der Waals surface area contributed by atoms with E-state index in [2.05, 4.69) is 15.9 Å². The van der Waals surface area contributed by atoms with E-state index in [0.717, 1.165) is 41.7 Å². The minimum Gasteiger partial charge on any atom is -0.496 e. The molecule has 2 unspecified atom stereocenters. The van der Waals surface area contributed by atoms with E-state index < -0.39 is 0 Å². The summed E-state index contributed by atoms with van der Waals surface area (Å²) in [5.41, 5.74) is 1.12. The van der Waals surface area contributed by atoms with E-state index in [9.17, 15) is 5.11 Å². The number of ether oxygens (including phenoxy) is 2. The van der Waals surface area contributed by atoms with Gasteiger partial charge in [0.05, 0.1) is 23.8 Å². The van der Waals surface area contributed by atoms with Gasteiger partial charge in [-0.1, -0.05) is 6.07 Å². The monoisotopic (exact) mass is 342 g/mol. The Labute approximate surface area is 129 Å². The first kappa shape index (κ1) is 15.8. The normalized spacial score (nSPS) is 20.6. The number of rotatable bonds is 6. The quantitative estimate of drug-likeness (QED) is 0.856. The molecule has 1 aliphatic heterocycles. The van der Waals surface area contributed by atoms with Gasteiger partial charge in [0.1, 0.15) is 5.75 Å². The highest BCUT2D eigenvalue weighted by atomic mass is 79.9. The molecule has 1 N–H and O–H groups in total. The van der Waals surface area contributed by atoms with E-state index in [1.165, 1.54) is 12.8 Å². The van der Waals surface area contributed by atoms with Gasteiger partial charge in [-0.15, -0.1) is 0 Å². The van der Waals surface area contributed by atoms with Gasteiger partial charge in [0, 0.05) is 6.61 Å². The van der Waals surface area contributed by atoms with Crippen LogP contribution in [0, 0.1) is 0 Å². The maximum absolute atomic E-state index is 10.1. The molecular formula is C16H23BrO3. The zero-order valence-electron chi connectivity index (χ0n) is 12.0. The van der Waals surface area contributed by atoms with Crippen LogP contribution in [0.1, 0.15) is 37.7 Å². The molecule has 0 radical (unpaired) electrons. The predicted octanol–water partition coefficient (Wildman–Crippen LogP) is 3.71. The molecule has 20 heavy (non-hydrogen) atoms. The molecule has 1 fully saturated rings. The van der Waals surface area contributed by atoms with E-state index in [1.54, 1.807) is 7.11 Å². The zero-order valence-corrected chi connectivity index (χ0v) is 13.6. The molecule has 1 heterocycles. The summed E-state index contributed by atoms with van der Waals surface area (Å²) in [6.07, 6.45) is 6.05. The number of hydrogen-bond donors (Lipinski definition) is 1. The minimum absolute atomic E-state index is 0.305. The molecule has 1 aliphatic rings. The Morgan fingerprint density at radius 3 is 2.95 bits per heavy atom. The lowest BCUT2D eigenvalue weighted by Gasteiger charge is -2.23. The highest BCUT2D eigenvalue weighted by Crippen LogP contribution is 2.26. The third-order valence-corrected chi connectivity index (χ3v) is 4.40. The van der Waals surface area contributed by atoms with Crippen molar-refractivity contribution in [3.05, 3.63) is 28.2 Å². The molecule has 0 saturated carbocycles. The van der Waals surface area contributed by atoms with Crippen LogP contribution < -0.4 is 4.74 Å². The lowest BCUT2D eigenvalue weighted by Crippen LogP contribution is -2.21. The predicted molar refractivity (Wildman–Crippen MR) is 83.2 cm³/mol. The molecular weight excluding hydrogens is 320 g/mol. The molecule has 0 aliphatic carbocycles. The Bertz CT molecular complexity index is 416. The third kappa shape index (κ3) is 4.76. The Morgan fingerprint density at radius 2 is 2.30 bits per heavy atom. The van der Waals surface area contributed by atoms with Crippen molar-refractivity contribution in [2.75, 3.05) is 13.7 Å². The third-order valence-electron chi connectivity index (χ3n) is 3.78. The van der Waals surface area contributed by atoms with Crippen molar-refractivity contribution in [1.82, 2.24) is 0 Å². The summed E-state index contributed by atoms with van der Waals surface area (Å²) >= 11 is 3.47. The zero-order chi connectivity index (χ0) is 14.4. The first-order valence-electron chi connectivity index (χ1n) is 7.31. The standard InChI is InChI=1S/C16H23BrO3/c1-19-16-8-5-12(11-15(16)17)10-13(18)6-7-14-4-2-3-9-20-14/h5,8,11,13-14,18H,2-4,6-7,9-10H2,1H3. The van der Waals surface area contributed by atoms with Crippen LogP contribution in [0.3, 0.4) is 0 Å². The number of aliphatic hydroxyl groups excluding tert-OH is 1. The Balaban J connectivity index is 1.78. The summed E-state index contributed by atoms with van der Waals surface area (Å²) < 4.78 is 11.8. The van der Waals surface area contributed by atoms with Crippen LogP contribution in [0.15, 0.2) is 22.7 Å². The molecule has 0 amide bonds. The molecule has 2 atom stereocenters. The summed E-state index contributed by atoms with van der Waals surface area (Å²) in [6.45, 7) is 0.881. The maximum Gasteiger partial charge on any atom is 0.133 e. The van der Waals surface area contributed by atoms with E-state index in [4.69, 9.17) is 9.47 Å². The average Bonchev–Trinajstić information content (AvgIpc) is 2.46. The van der Waals surface area contributed by atoms with E-state index in [1.807, 2.05) is 18.2 Å². The van der Waals surface area contributed by atoms with Crippen molar-refractivity contribution in [3.63, 3.8) is 0 Å². The van der Waals surface area contributed by atoms with Crippen molar-refractivity contribution in [2.45, 2.75) is 50.7 Å². The van der Waals surface area contributed by atoms with Crippen LogP contribution in [0.4, 0.5) is 0 Å². The van der Waals surface area contributed by atoms with Crippen molar-refractivity contribution in [2.24, 2.45) is 0 Å². The molecule has 4 heteroatoms. The van der Waals surface area contributed by atoms with Crippen LogP contribution in [0.5, 0.6) is 5.75 Å². The van der Waals surface area contributed by atoms with Gasteiger partial charge in [0.25, 0.3) is 0 Å². The van der Waals surface area contributed by atoms with Crippen molar-refractivity contribution in [1.29, 1.82) is 0 Å². The number of hydrogen-bond acceptors (Lipinski definition) is 3. The average molecular weight is 343 g/mol. The molecule has 112 valence electrons. The van der Waals surface area contributed by atoms with E-state index >= 15 is 0 Å². The SMILES string of the molecule is COc1ccc(CC(O)CCC2CCCCO2)cc1Br. The van der Waals surface area contributed by atoms with E-state index in [0.29, 0.717) is 12.5 Å². The van der Waals surface area contributed by atoms with Gasteiger partial charge in [-0.25, -0.2) is 0 Å². The fraction of sp³-hybridized carbons (Fsp3) is 0.625. The summed E-state index contributed by atoms with van der Waals surface area (Å²) in [7, 11) is 1.65. The highest BCUT2D eigenvalue weighted by molar-refractivity contribution is 9.10. The summed E-state index contributed by atoms with van der Waals surface area (Å²) in [4.78, 5) is 0. The van der Waals surface area contributed by atoms with E-state index in [-0.39, 0.29) is 6.10 Å². The van der Waals surface area contributed by atoms with Gasteiger partial charge in [0.2, 0.25) is 0 Å². The molecule has 2 rings (SSSR count). The number of methoxy groups -OCH3 is 1. The van der Waals surface area contributed by atoms with Crippen LogP contribution in [-0.2, 0) is 11.2 Å². The Kier molecular flexibility index (Phi) is 6.33. The smallest absolute Gasteiger partial charge is 0.133 e. The topological polar surface area (TPSA) is 38.7 Å². The summed E-state index contributed by atoms with van der Waals surface area (Å²) in [5, 5.41) is 10.1. The molecule has 0 aromatic heterocycles. The van der Waals surface area contributed by atoms with Gasteiger partial charge < -0.3 is 14.6 Å². The van der Waals surface area contributed by atoms with Crippen molar-refractivity contribution >= 4 is 15.9 Å². The highest BCUT2D eigenvalue weighted by Gasteiger charge is 2.16. The molecule has 1 aromatic carbocycles. The molecule has 3 nitrogen and oxygen atoms in total. The van der Waals surface area contributed by atoms with Gasteiger partial charge in [-0.05, 0) is 72.2 Å². The second-order valence-corrected chi connectivity index (χ2v) is 6.25. The van der Waals surface area contributed by atoms with Crippen LogP contribution in [0.2, 0.25) is 0 Å². The van der Waals surface area contributed by atoms with Gasteiger partial charge in [-0.2, -0.15) is 0 Å². The summed E-state index contributed by atoms with van der Waals surface area (Å²) in [5.74, 6) is 0.818. The lowest BCUT2D eigenvalue weighted by molar-refractivity contribution is 0.00234. The minimum atomic E-state index is -0.305. The molecule has 1 aromatic rings. The van der Waals surface area contributed by atoms with Crippen LogP contribution in [0.25, 0.3) is 0 Å². The van der Waals surface area contributed by atoms with Gasteiger partial charge in [0.15, 0.2) is 0 Å². The number of benzene rings is 1. The Hall–Kier alpha value is -0.580. The maximum atomic E-state index is 10.1. The second kappa shape index (κ2) is 8.01. The largest absolute Gasteiger partial charge is 0.496 e. The number of aliphatic hydroxyl groups is 1. The molecule has 1 saturated heterocycles. The second-order valence-electron chi connectivity index (χ2n) is 5.39. The molecule has 0 bridgehead atoms. The summed E-state index contributed by atoms with van der Waals surface area (Å²) in [6, 6.07) is 5.94. The first-order chi connectivity index (χ1) is 9.69. The van der Waals surface area contributed by atoms with Crippen molar-refractivity contribution in [3.8, 4) is 5.75 Å². The number of halogens is 1. The molecule has 0 spiro atoms. The van der Waals surface area contributed by atoms with Crippen molar-refractivity contribution < 1.29 is 14.6 Å². The lowest BCUT2D eigenvalue weighted by atomic mass is 9.99.